The summed E-state index contributed by atoms with van der Waals surface area (Å²) in [6.45, 7) is 0. The molecule has 2 heteroatoms. The molecule has 0 saturated carbocycles. The number of hydrogen-bond acceptors (Lipinski definition) is 0. The predicted octanol–water partition coefficient (Wildman–Crippen LogP) is 4.90. The molecule has 0 aromatic heterocycles. The van der Waals surface area contributed by atoms with Crippen LogP contribution in [0.4, 0.5) is 0 Å². The Kier molecular flexibility index (Phi) is 2.27. The quantitative estimate of drug-likeness (QED) is 0.494. The van der Waals surface area contributed by atoms with Crippen molar-refractivity contribution in [1.29, 1.82) is 0 Å². The Morgan fingerprint density at radius 2 is 1.81 bits per heavy atom. The van der Waals surface area contributed by atoms with Crippen molar-refractivity contribution in [2.24, 2.45) is 0 Å². The molecule has 0 saturated heterocycles. The summed E-state index contributed by atoms with van der Waals surface area (Å²) in [4.78, 5) is 0. The van der Waals surface area contributed by atoms with Crippen LogP contribution in [0.25, 0.3) is 21.5 Å². The van der Waals surface area contributed by atoms with Crippen LogP contribution in [0.15, 0.2) is 36.4 Å². The molecule has 0 fully saturated rings. The van der Waals surface area contributed by atoms with Crippen LogP contribution in [0.3, 0.4) is 0 Å². The summed E-state index contributed by atoms with van der Waals surface area (Å²) in [5, 5.41) is 5.45. The fourth-order valence-corrected chi connectivity index (χ4v) is 2.44. The van der Waals surface area contributed by atoms with Gasteiger partial charge in [-0.15, -0.1) is 0 Å². The molecule has 3 aromatic rings. The molecular formula is C14H6Cl2. The Morgan fingerprint density at radius 3 is 2.69 bits per heavy atom. The van der Waals surface area contributed by atoms with Gasteiger partial charge < -0.3 is 0 Å². The summed E-state index contributed by atoms with van der Waals surface area (Å²) in [5.74, 6) is 0. The number of fused-ring (bicyclic) bond motifs is 3. The molecule has 0 spiro atoms. The van der Waals surface area contributed by atoms with Crippen molar-refractivity contribution < 1.29 is 0 Å². The molecule has 0 unspecified atom stereocenters. The molecule has 0 atom stereocenters. The minimum absolute atomic E-state index is 0.628. The fraction of sp³-hybridized carbons (Fsp3) is 0. The fourth-order valence-electron chi connectivity index (χ4n) is 1.94. The summed E-state index contributed by atoms with van der Waals surface area (Å²) >= 11 is 12.3. The van der Waals surface area contributed by atoms with E-state index in [4.69, 9.17) is 23.2 Å². The molecule has 3 rings (SSSR count). The van der Waals surface area contributed by atoms with Gasteiger partial charge in [0.1, 0.15) is 0 Å². The molecule has 76 valence electrons. The first kappa shape index (κ1) is 9.95. The lowest BCUT2D eigenvalue weighted by Gasteiger charge is -2.06. The van der Waals surface area contributed by atoms with Crippen LogP contribution >= 0.6 is 23.2 Å². The minimum atomic E-state index is 0.628. The van der Waals surface area contributed by atoms with Gasteiger partial charge in [-0.25, -0.2) is 0 Å². The molecule has 0 N–H and O–H groups in total. The van der Waals surface area contributed by atoms with E-state index in [1.54, 1.807) is 6.07 Å². The van der Waals surface area contributed by atoms with Gasteiger partial charge in [0.2, 0.25) is 0 Å². The Bertz CT molecular complexity index is 687. The monoisotopic (exact) mass is 244 g/mol. The number of rotatable bonds is 0. The van der Waals surface area contributed by atoms with E-state index in [9.17, 15) is 0 Å². The first-order valence-electron chi connectivity index (χ1n) is 4.85. The molecular weight excluding hydrogens is 239 g/mol. The van der Waals surface area contributed by atoms with Gasteiger partial charge >= 0.3 is 0 Å². The summed E-state index contributed by atoms with van der Waals surface area (Å²) in [6, 6.07) is 17.5. The van der Waals surface area contributed by atoms with E-state index < -0.39 is 0 Å². The average Bonchev–Trinajstić information content (AvgIpc) is 2.29. The number of halogens is 2. The van der Waals surface area contributed by atoms with Gasteiger partial charge in [-0.3, -0.25) is 0 Å². The molecule has 0 heterocycles. The van der Waals surface area contributed by atoms with E-state index in [0.717, 1.165) is 21.5 Å². The SMILES string of the molecule is Clc1[c]ccc2c1ccc1c[c]cc(Cl)c12. The molecule has 2 radical (unpaired) electrons. The summed E-state index contributed by atoms with van der Waals surface area (Å²) < 4.78 is 0. The van der Waals surface area contributed by atoms with Crippen molar-refractivity contribution in [3.05, 3.63) is 58.6 Å². The highest BCUT2D eigenvalue weighted by Gasteiger charge is 2.05. The van der Waals surface area contributed by atoms with Gasteiger partial charge in [0, 0.05) is 21.9 Å². The smallest absolute Gasteiger partial charge is 0.0563 e. The Balaban J connectivity index is 2.64. The molecule has 0 aliphatic rings. The van der Waals surface area contributed by atoms with E-state index in [1.165, 1.54) is 0 Å². The molecule has 16 heavy (non-hydrogen) atoms. The maximum atomic E-state index is 6.20. The third kappa shape index (κ3) is 1.38. The van der Waals surface area contributed by atoms with E-state index >= 15 is 0 Å². The Labute approximate surface area is 103 Å². The second-order valence-electron chi connectivity index (χ2n) is 3.59. The highest BCUT2D eigenvalue weighted by Crippen LogP contribution is 2.33. The highest BCUT2D eigenvalue weighted by atomic mass is 35.5. The van der Waals surface area contributed by atoms with Crippen LogP contribution in [0.1, 0.15) is 0 Å². The zero-order valence-corrected chi connectivity index (χ0v) is 9.73. The van der Waals surface area contributed by atoms with E-state index in [0.29, 0.717) is 10.0 Å². The number of benzene rings is 3. The van der Waals surface area contributed by atoms with Crippen LogP contribution < -0.4 is 0 Å². The van der Waals surface area contributed by atoms with Crippen molar-refractivity contribution in [3.63, 3.8) is 0 Å². The number of hydrogen-bond donors (Lipinski definition) is 0. The second kappa shape index (κ2) is 3.65. The molecule has 0 aliphatic heterocycles. The molecule has 0 bridgehead atoms. The van der Waals surface area contributed by atoms with Gasteiger partial charge in [-0.2, -0.15) is 0 Å². The summed E-state index contributed by atoms with van der Waals surface area (Å²) in [6.07, 6.45) is 0. The van der Waals surface area contributed by atoms with E-state index in [2.05, 4.69) is 12.1 Å². The first-order valence-corrected chi connectivity index (χ1v) is 5.61. The molecule has 0 amide bonds. The lowest BCUT2D eigenvalue weighted by atomic mass is 10.0. The van der Waals surface area contributed by atoms with Crippen LogP contribution in [0, 0.1) is 12.1 Å². The largest absolute Gasteiger partial charge is 0.0836 e. The van der Waals surface area contributed by atoms with Crippen LogP contribution in [0.5, 0.6) is 0 Å². The van der Waals surface area contributed by atoms with Crippen molar-refractivity contribution >= 4 is 44.7 Å². The van der Waals surface area contributed by atoms with E-state index in [-0.39, 0.29) is 0 Å². The lowest BCUT2D eigenvalue weighted by molar-refractivity contribution is 1.74. The van der Waals surface area contributed by atoms with Gasteiger partial charge in [-0.05, 0) is 29.0 Å². The molecule has 0 aliphatic carbocycles. The molecule has 0 nitrogen and oxygen atoms in total. The topological polar surface area (TPSA) is 0 Å². The zero-order chi connectivity index (χ0) is 11.1. The third-order valence-corrected chi connectivity index (χ3v) is 3.27. The van der Waals surface area contributed by atoms with Crippen LogP contribution in [0.2, 0.25) is 10.0 Å². The normalized spacial score (nSPS) is 11.1. The van der Waals surface area contributed by atoms with Gasteiger partial charge in [0.05, 0.1) is 5.02 Å². The average molecular weight is 245 g/mol. The Hall–Kier alpha value is -1.24. The third-order valence-electron chi connectivity index (χ3n) is 2.66. The minimum Gasteiger partial charge on any atom is -0.0836 e. The summed E-state index contributed by atoms with van der Waals surface area (Å²) in [7, 11) is 0. The van der Waals surface area contributed by atoms with Gasteiger partial charge in [0.15, 0.2) is 0 Å². The Morgan fingerprint density at radius 1 is 0.938 bits per heavy atom. The molecule has 3 aromatic carbocycles. The first-order chi connectivity index (χ1) is 7.77. The standard InChI is InChI=1S/C14H6Cl2/c15-12-5-2-4-11-10(12)8-7-9-3-1-6-13(16)14(9)11/h2-4,6-8H. The highest BCUT2D eigenvalue weighted by molar-refractivity contribution is 6.40. The summed E-state index contributed by atoms with van der Waals surface area (Å²) in [5.41, 5.74) is 0. The van der Waals surface area contributed by atoms with Crippen molar-refractivity contribution in [1.82, 2.24) is 0 Å². The zero-order valence-electron chi connectivity index (χ0n) is 8.22. The second-order valence-corrected chi connectivity index (χ2v) is 4.37. The lowest BCUT2D eigenvalue weighted by Crippen LogP contribution is -1.80. The van der Waals surface area contributed by atoms with Crippen molar-refractivity contribution in [2.45, 2.75) is 0 Å². The van der Waals surface area contributed by atoms with Crippen molar-refractivity contribution in [3.8, 4) is 0 Å². The van der Waals surface area contributed by atoms with Crippen LogP contribution in [-0.4, -0.2) is 0 Å². The maximum absolute atomic E-state index is 6.20. The van der Waals surface area contributed by atoms with Crippen molar-refractivity contribution in [2.75, 3.05) is 0 Å². The predicted molar refractivity (Wildman–Crippen MR) is 69.1 cm³/mol. The maximum Gasteiger partial charge on any atom is 0.0563 e. The van der Waals surface area contributed by atoms with Crippen LogP contribution in [-0.2, 0) is 0 Å². The van der Waals surface area contributed by atoms with E-state index in [1.807, 2.05) is 30.3 Å². The van der Waals surface area contributed by atoms with Gasteiger partial charge in [-0.1, -0.05) is 47.5 Å². The van der Waals surface area contributed by atoms with Gasteiger partial charge in [0.25, 0.3) is 0 Å².